The summed E-state index contributed by atoms with van der Waals surface area (Å²) in [4.78, 5) is 27.6. The van der Waals surface area contributed by atoms with Crippen molar-refractivity contribution < 1.29 is 23.2 Å². The van der Waals surface area contributed by atoms with E-state index in [1.807, 2.05) is 48.5 Å². The van der Waals surface area contributed by atoms with E-state index >= 15 is 0 Å². The molecule has 33 heavy (non-hydrogen) atoms. The normalized spacial score (nSPS) is 13.1. The topological polar surface area (TPSA) is 72.9 Å². The number of fused-ring (bicyclic) bond motifs is 5. The largest absolute Gasteiger partial charge is 0.497 e. The first kappa shape index (κ1) is 19.1. The van der Waals surface area contributed by atoms with Crippen molar-refractivity contribution in [1.82, 2.24) is 0 Å². The zero-order valence-electron chi connectivity index (χ0n) is 17.6. The van der Waals surface area contributed by atoms with E-state index in [2.05, 4.69) is 0 Å². The Morgan fingerprint density at radius 3 is 1.61 bits per heavy atom. The van der Waals surface area contributed by atoms with Crippen LogP contribution in [0.25, 0.3) is 33.1 Å². The Labute approximate surface area is 187 Å². The molecular weight excluding hydrogens is 418 g/mol. The van der Waals surface area contributed by atoms with Crippen molar-refractivity contribution in [2.24, 2.45) is 0 Å². The van der Waals surface area contributed by atoms with E-state index in [9.17, 15) is 9.59 Å². The van der Waals surface area contributed by atoms with Crippen molar-refractivity contribution in [3.05, 3.63) is 96.1 Å². The molecule has 0 atom stereocenters. The lowest BCUT2D eigenvalue weighted by molar-refractivity contribution is 0.0926. The maximum absolute atomic E-state index is 13.2. The Balaban J connectivity index is 1.61. The molecule has 0 N–H and O–H groups in total. The summed E-state index contributed by atoms with van der Waals surface area (Å²) in [5.41, 5.74) is 3.01. The second-order valence-corrected chi connectivity index (χ2v) is 7.68. The number of anilines is 1. The van der Waals surface area contributed by atoms with E-state index in [0.29, 0.717) is 33.8 Å². The van der Waals surface area contributed by atoms with Crippen molar-refractivity contribution in [2.45, 2.75) is 0 Å². The third kappa shape index (κ3) is 2.96. The van der Waals surface area contributed by atoms with Gasteiger partial charge in [0.05, 0.1) is 23.9 Å². The predicted octanol–water partition coefficient (Wildman–Crippen LogP) is 6.27. The van der Waals surface area contributed by atoms with Crippen LogP contribution in [0.5, 0.6) is 5.75 Å². The molecule has 160 valence electrons. The molecule has 0 saturated heterocycles. The van der Waals surface area contributed by atoms with Crippen LogP contribution in [0.3, 0.4) is 0 Å². The summed E-state index contributed by atoms with van der Waals surface area (Å²) in [5.74, 6) is -0.193. The number of ether oxygens (including phenoxy) is 1. The molecule has 1 aliphatic rings. The molecule has 0 saturated carbocycles. The van der Waals surface area contributed by atoms with Crippen molar-refractivity contribution in [1.29, 1.82) is 0 Å². The Bertz CT molecular complexity index is 1540. The number of nitrogens with zero attached hydrogens (tertiary/aromatic N) is 1. The summed E-state index contributed by atoms with van der Waals surface area (Å²) < 4.78 is 17.6. The standard InChI is InChI=1S/C27H17NO5/c1-31-17-12-10-16(11-13-17)28-26(29)20-14-24-25(15-21(20)27(28)30)33-23-9-5-3-7-19(23)18-6-2-4-8-22(18)32-24/h2-15H,1H3. The van der Waals surface area contributed by atoms with Gasteiger partial charge >= 0.3 is 0 Å². The van der Waals surface area contributed by atoms with Gasteiger partial charge in [-0.3, -0.25) is 9.59 Å². The van der Waals surface area contributed by atoms with Crippen LogP contribution in [0.15, 0.2) is 93.8 Å². The zero-order chi connectivity index (χ0) is 22.5. The lowest BCUT2D eigenvalue weighted by Gasteiger charge is -2.14. The molecule has 2 heterocycles. The van der Waals surface area contributed by atoms with Crippen LogP contribution in [0.1, 0.15) is 20.7 Å². The van der Waals surface area contributed by atoms with E-state index in [-0.39, 0.29) is 11.1 Å². The number of rotatable bonds is 2. The number of methoxy groups -OCH3 is 1. The second kappa shape index (κ2) is 7.24. The molecule has 0 radical (unpaired) electrons. The molecule has 0 spiro atoms. The number of amides is 2. The van der Waals surface area contributed by atoms with Gasteiger partial charge in [-0.15, -0.1) is 0 Å². The molecule has 0 unspecified atom stereocenters. The Morgan fingerprint density at radius 1 is 0.636 bits per heavy atom. The molecule has 1 aliphatic heterocycles. The fourth-order valence-corrected chi connectivity index (χ4v) is 4.17. The van der Waals surface area contributed by atoms with Gasteiger partial charge in [0, 0.05) is 10.8 Å². The monoisotopic (exact) mass is 435 g/mol. The minimum atomic E-state index is -0.415. The lowest BCUT2D eigenvalue weighted by Crippen LogP contribution is -2.29. The number of carbonyl (C=O) groups excluding carboxylic acids is 2. The van der Waals surface area contributed by atoms with Crippen LogP contribution in [0.2, 0.25) is 0 Å². The first-order chi connectivity index (χ1) is 16.1. The minimum Gasteiger partial charge on any atom is -0.497 e. The Morgan fingerprint density at radius 2 is 1.12 bits per heavy atom. The molecule has 6 nitrogen and oxygen atoms in total. The summed E-state index contributed by atoms with van der Waals surface area (Å²) in [5, 5.41) is 1.75. The van der Waals surface area contributed by atoms with Gasteiger partial charge < -0.3 is 13.6 Å². The maximum atomic E-state index is 13.2. The van der Waals surface area contributed by atoms with Crippen LogP contribution >= 0.6 is 0 Å². The number of benzene rings is 4. The zero-order valence-corrected chi connectivity index (χ0v) is 17.6. The molecule has 1 aromatic heterocycles. The fraction of sp³-hybridized carbons (Fsp3) is 0.0370. The summed E-state index contributed by atoms with van der Waals surface area (Å²) >= 11 is 0. The van der Waals surface area contributed by atoms with E-state index in [0.717, 1.165) is 15.7 Å². The molecule has 2 amide bonds. The number of para-hydroxylation sites is 2. The van der Waals surface area contributed by atoms with Crippen molar-refractivity contribution in [2.75, 3.05) is 12.0 Å². The molecule has 4 aromatic carbocycles. The molecule has 6 rings (SSSR count). The Kier molecular flexibility index (Phi) is 4.20. The fourth-order valence-electron chi connectivity index (χ4n) is 4.17. The quantitative estimate of drug-likeness (QED) is 0.306. The number of hydrogen-bond acceptors (Lipinski definition) is 5. The highest BCUT2D eigenvalue weighted by Gasteiger charge is 2.37. The van der Waals surface area contributed by atoms with E-state index in [1.165, 1.54) is 0 Å². The smallest absolute Gasteiger partial charge is 0.266 e. The Hall–Kier alpha value is -4.58. The first-order valence-electron chi connectivity index (χ1n) is 10.4. The number of hydrogen-bond donors (Lipinski definition) is 0. The SMILES string of the molecule is COc1ccc(N2C(=O)c3cc4oc5ccccc5c5ccccc5oc4cc3C2=O)cc1. The van der Waals surface area contributed by atoms with Gasteiger partial charge in [-0.1, -0.05) is 36.4 Å². The molecule has 6 heteroatoms. The highest BCUT2D eigenvalue weighted by atomic mass is 16.5. The highest BCUT2D eigenvalue weighted by Crippen LogP contribution is 2.34. The van der Waals surface area contributed by atoms with Crippen molar-refractivity contribution in [3.8, 4) is 5.75 Å². The number of imide groups is 1. The van der Waals surface area contributed by atoms with Crippen LogP contribution < -0.4 is 9.64 Å². The van der Waals surface area contributed by atoms with Crippen LogP contribution in [-0.2, 0) is 0 Å². The van der Waals surface area contributed by atoms with E-state index < -0.39 is 11.8 Å². The van der Waals surface area contributed by atoms with Gasteiger partial charge in [-0.2, -0.15) is 0 Å². The van der Waals surface area contributed by atoms with Gasteiger partial charge in [0.2, 0.25) is 0 Å². The third-order valence-corrected chi connectivity index (χ3v) is 5.79. The van der Waals surface area contributed by atoms with Crippen molar-refractivity contribution in [3.63, 3.8) is 0 Å². The summed E-state index contributed by atoms with van der Waals surface area (Å²) in [6.45, 7) is 0. The molecule has 5 aromatic rings. The van der Waals surface area contributed by atoms with Crippen LogP contribution in [0, 0.1) is 0 Å². The average Bonchev–Trinajstić information content (AvgIpc) is 3.08. The van der Waals surface area contributed by atoms with Crippen molar-refractivity contribution >= 4 is 50.6 Å². The van der Waals surface area contributed by atoms with Crippen LogP contribution in [-0.4, -0.2) is 18.9 Å². The number of carbonyl (C=O) groups is 2. The third-order valence-electron chi connectivity index (χ3n) is 5.79. The van der Waals surface area contributed by atoms with Gasteiger partial charge in [-0.05, 0) is 48.5 Å². The van der Waals surface area contributed by atoms with E-state index in [4.69, 9.17) is 13.6 Å². The first-order valence-corrected chi connectivity index (χ1v) is 10.4. The molecule has 0 bridgehead atoms. The van der Waals surface area contributed by atoms with Gasteiger partial charge in [0.1, 0.15) is 16.9 Å². The van der Waals surface area contributed by atoms with E-state index in [1.54, 1.807) is 43.5 Å². The predicted molar refractivity (Wildman–Crippen MR) is 125 cm³/mol. The highest BCUT2D eigenvalue weighted by molar-refractivity contribution is 6.35. The van der Waals surface area contributed by atoms with Gasteiger partial charge in [0.25, 0.3) is 11.8 Å². The molecule has 0 fully saturated rings. The summed E-state index contributed by atoms with van der Waals surface area (Å²) in [6.07, 6.45) is 0. The van der Waals surface area contributed by atoms with Gasteiger partial charge in [0.15, 0.2) is 11.2 Å². The van der Waals surface area contributed by atoms with Crippen LogP contribution in [0.4, 0.5) is 5.69 Å². The average molecular weight is 435 g/mol. The lowest BCUT2D eigenvalue weighted by atomic mass is 10.1. The second-order valence-electron chi connectivity index (χ2n) is 7.68. The summed E-state index contributed by atoms with van der Waals surface area (Å²) in [6, 6.07) is 25.2. The maximum Gasteiger partial charge on any atom is 0.266 e. The van der Waals surface area contributed by atoms with Gasteiger partial charge in [-0.25, -0.2) is 4.90 Å². The summed E-state index contributed by atoms with van der Waals surface area (Å²) in [7, 11) is 1.56. The molecular formula is C27H17NO5. The molecule has 0 aliphatic carbocycles. The minimum absolute atomic E-state index is 0.268.